The number of aromatic hydroxyl groups is 1. The minimum atomic E-state index is -1.34. The number of aryl methyl sites for hydroxylation is 1. The molecule has 1 saturated carbocycles. The number of carbonyl (C=O) groups is 4. The molecule has 206 valence electrons. The fourth-order valence-electron chi connectivity index (χ4n) is 4.36. The van der Waals surface area contributed by atoms with Crippen molar-refractivity contribution in [2.24, 2.45) is 5.73 Å². The Balaban J connectivity index is 2.55. The molecule has 4 amide bonds. The van der Waals surface area contributed by atoms with Crippen molar-refractivity contribution >= 4 is 23.8 Å². The fourth-order valence-corrected chi connectivity index (χ4v) is 4.36. The second-order valence-electron chi connectivity index (χ2n) is 10.8. The van der Waals surface area contributed by atoms with Gasteiger partial charge in [-0.05, 0) is 65.9 Å². The summed E-state index contributed by atoms with van der Waals surface area (Å²) < 4.78 is 5.30. The van der Waals surface area contributed by atoms with E-state index in [4.69, 9.17) is 10.5 Å². The average Bonchev–Trinajstić information content (AvgIpc) is 2.72. The third-order valence-corrected chi connectivity index (χ3v) is 6.32. The number of phenolic OH excluding ortho intramolecular Hbond substituents is 1. The van der Waals surface area contributed by atoms with Gasteiger partial charge < -0.3 is 31.1 Å². The highest BCUT2D eigenvalue weighted by Gasteiger charge is 2.43. The van der Waals surface area contributed by atoms with Crippen molar-refractivity contribution in [3.63, 3.8) is 0 Å². The number of nitrogens with one attached hydrogen (secondary N) is 2. The van der Waals surface area contributed by atoms with E-state index in [0.717, 1.165) is 19.3 Å². The van der Waals surface area contributed by atoms with Crippen LogP contribution in [0.25, 0.3) is 0 Å². The summed E-state index contributed by atoms with van der Waals surface area (Å²) in [6.45, 7) is 10.6. The molecule has 2 rings (SSSR count). The van der Waals surface area contributed by atoms with Gasteiger partial charge in [0.05, 0.1) is 6.42 Å². The zero-order valence-electron chi connectivity index (χ0n) is 22.8. The zero-order valence-corrected chi connectivity index (χ0v) is 22.8. The second kappa shape index (κ2) is 12.8. The smallest absolute Gasteiger partial charge is 0.408 e. The summed E-state index contributed by atoms with van der Waals surface area (Å²) in [7, 11) is 0. The molecule has 0 saturated heterocycles. The zero-order chi connectivity index (χ0) is 27.9. The Morgan fingerprint density at radius 3 is 2.35 bits per heavy atom. The van der Waals surface area contributed by atoms with Crippen molar-refractivity contribution in [3.05, 3.63) is 29.3 Å². The molecule has 0 aromatic heterocycles. The molecule has 5 N–H and O–H groups in total. The van der Waals surface area contributed by atoms with Crippen molar-refractivity contribution in [1.29, 1.82) is 0 Å². The van der Waals surface area contributed by atoms with Crippen molar-refractivity contribution in [2.45, 2.75) is 110 Å². The van der Waals surface area contributed by atoms with Crippen LogP contribution in [0.1, 0.15) is 90.3 Å². The van der Waals surface area contributed by atoms with Crippen LogP contribution in [0.4, 0.5) is 4.79 Å². The maximum absolute atomic E-state index is 14.0. The maximum atomic E-state index is 14.0. The average molecular weight is 519 g/mol. The van der Waals surface area contributed by atoms with E-state index in [1.54, 1.807) is 45.9 Å². The number of amides is 4. The lowest BCUT2D eigenvalue weighted by Gasteiger charge is -2.44. The predicted octanol–water partition coefficient (Wildman–Crippen LogP) is 3.20. The van der Waals surface area contributed by atoms with Crippen molar-refractivity contribution < 1.29 is 29.0 Å². The summed E-state index contributed by atoms with van der Waals surface area (Å²) in [5, 5.41) is 16.4. The number of rotatable bonds is 11. The van der Waals surface area contributed by atoms with E-state index < -0.39 is 47.9 Å². The Hall–Kier alpha value is -3.30. The van der Waals surface area contributed by atoms with Crippen LogP contribution in [-0.4, -0.2) is 57.5 Å². The highest BCUT2D eigenvalue weighted by atomic mass is 16.6. The van der Waals surface area contributed by atoms with Crippen LogP contribution in [0.2, 0.25) is 0 Å². The van der Waals surface area contributed by atoms with Gasteiger partial charge in [0.25, 0.3) is 0 Å². The summed E-state index contributed by atoms with van der Waals surface area (Å²) in [6.07, 6.45) is 2.38. The summed E-state index contributed by atoms with van der Waals surface area (Å²) in [5.74, 6) is -1.97. The van der Waals surface area contributed by atoms with Gasteiger partial charge in [0.15, 0.2) is 0 Å². The topological polar surface area (TPSA) is 151 Å². The van der Waals surface area contributed by atoms with Gasteiger partial charge in [-0.1, -0.05) is 31.5 Å². The highest BCUT2D eigenvalue weighted by molar-refractivity contribution is 5.95. The molecule has 0 radical (unpaired) electrons. The first-order chi connectivity index (χ1) is 17.2. The fraction of sp³-hybridized carbons (Fsp3) is 0.630. The number of primary amides is 1. The number of para-hydroxylation sites is 1. The Morgan fingerprint density at radius 1 is 1.19 bits per heavy atom. The van der Waals surface area contributed by atoms with Crippen molar-refractivity contribution in [3.8, 4) is 5.75 Å². The molecule has 3 unspecified atom stereocenters. The first-order valence-corrected chi connectivity index (χ1v) is 12.9. The van der Waals surface area contributed by atoms with Crippen LogP contribution in [0.5, 0.6) is 5.75 Å². The number of phenols is 1. The van der Waals surface area contributed by atoms with Gasteiger partial charge >= 0.3 is 6.09 Å². The number of hydrogen-bond donors (Lipinski definition) is 4. The number of alkyl carbamates (subject to hydrolysis) is 1. The lowest BCUT2D eigenvalue weighted by Crippen LogP contribution is -2.58. The SMILES string of the molecule is CCCC(C)NC(=O)C(c1cccc(C)c1O)N(C(=O)C(CC(N)=O)NC(=O)OC(C)(C)C)C1CCC1. The molecule has 0 bridgehead atoms. The maximum Gasteiger partial charge on any atom is 0.408 e. The van der Waals surface area contributed by atoms with Gasteiger partial charge in [-0.15, -0.1) is 0 Å². The van der Waals surface area contributed by atoms with E-state index in [9.17, 15) is 24.3 Å². The van der Waals surface area contributed by atoms with Gasteiger partial charge in [-0.3, -0.25) is 14.4 Å². The van der Waals surface area contributed by atoms with Crippen LogP contribution >= 0.6 is 0 Å². The standard InChI is InChI=1S/C27H42N4O6/c1-7-10-17(3)29-24(34)22(19-14-8-11-16(2)23(19)33)31(18-12-9-13-18)25(35)20(15-21(28)32)30-26(36)37-27(4,5)6/h8,11,14,17-18,20,22,33H,7,9-10,12-13,15H2,1-6H3,(H2,28,32)(H,29,34)(H,30,36). The molecule has 1 fully saturated rings. The van der Waals surface area contributed by atoms with E-state index in [0.29, 0.717) is 18.4 Å². The molecule has 1 aromatic carbocycles. The Kier molecular flexibility index (Phi) is 10.3. The lowest BCUT2D eigenvalue weighted by atomic mass is 9.87. The van der Waals surface area contributed by atoms with Gasteiger partial charge in [-0.25, -0.2) is 4.79 Å². The monoisotopic (exact) mass is 518 g/mol. The van der Waals surface area contributed by atoms with Crippen LogP contribution in [0.15, 0.2) is 18.2 Å². The summed E-state index contributed by atoms with van der Waals surface area (Å²) >= 11 is 0. The molecule has 37 heavy (non-hydrogen) atoms. The Labute approximate surface area is 219 Å². The third kappa shape index (κ3) is 8.36. The third-order valence-electron chi connectivity index (χ3n) is 6.32. The molecule has 3 atom stereocenters. The highest BCUT2D eigenvalue weighted by Crippen LogP contribution is 2.38. The number of nitrogens with zero attached hydrogens (tertiary/aromatic N) is 1. The Morgan fingerprint density at radius 2 is 1.84 bits per heavy atom. The largest absolute Gasteiger partial charge is 0.507 e. The number of nitrogens with two attached hydrogens (primary N) is 1. The van der Waals surface area contributed by atoms with Gasteiger partial charge in [0.2, 0.25) is 17.7 Å². The molecular formula is C27H42N4O6. The molecule has 10 heteroatoms. The van der Waals surface area contributed by atoms with Crippen LogP contribution in [0.3, 0.4) is 0 Å². The van der Waals surface area contributed by atoms with E-state index >= 15 is 0 Å². The van der Waals surface area contributed by atoms with E-state index in [2.05, 4.69) is 10.6 Å². The minimum absolute atomic E-state index is 0.0885. The normalized spacial score (nSPS) is 16.1. The molecule has 0 aliphatic heterocycles. The molecule has 0 spiro atoms. The molecule has 1 aromatic rings. The summed E-state index contributed by atoms with van der Waals surface area (Å²) in [5.41, 5.74) is 5.42. The summed E-state index contributed by atoms with van der Waals surface area (Å²) in [6, 6.07) is 2.04. The molecule has 0 heterocycles. The van der Waals surface area contributed by atoms with E-state index in [1.165, 1.54) is 4.90 Å². The first kappa shape index (κ1) is 29.9. The van der Waals surface area contributed by atoms with Gasteiger partial charge in [0.1, 0.15) is 23.4 Å². The molecule has 1 aliphatic carbocycles. The van der Waals surface area contributed by atoms with Gasteiger partial charge in [-0.2, -0.15) is 0 Å². The minimum Gasteiger partial charge on any atom is -0.507 e. The number of carbonyl (C=O) groups excluding carboxylic acids is 4. The van der Waals surface area contributed by atoms with Crippen molar-refractivity contribution in [1.82, 2.24) is 15.5 Å². The molecule has 10 nitrogen and oxygen atoms in total. The number of benzene rings is 1. The lowest BCUT2D eigenvalue weighted by molar-refractivity contribution is -0.148. The second-order valence-corrected chi connectivity index (χ2v) is 10.8. The quantitative estimate of drug-likeness (QED) is 0.353. The Bertz CT molecular complexity index is 986. The molecular weight excluding hydrogens is 476 g/mol. The molecule has 1 aliphatic rings. The van der Waals surface area contributed by atoms with Crippen molar-refractivity contribution in [2.75, 3.05) is 0 Å². The van der Waals surface area contributed by atoms with Crippen LogP contribution < -0.4 is 16.4 Å². The van der Waals surface area contributed by atoms with E-state index in [1.807, 2.05) is 13.8 Å². The van der Waals surface area contributed by atoms with Crippen LogP contribution in [-0.2, 0) is 19.1 Å². The first-order valence-electron chi connectivity index (χ1n) is 12.9. The predicted molar refractivity (Wildman–Crippen MR) is 140 cm³/mol. The summed E-state index contributed by atoms with van der Waals surface area (Å²) in [4.78, 5) is 53.6. The van der Waals surface area contributed by atoms with Crippen LogP contribution in [0, 0.1) is 6.92 Å². The van der Waals surface area contributed by atoms with Gasteiger partial charge in [0, 0.05) is 17.6 Å². The number of ether oxygens (including phenoxy) is 1. The van der Waals surface area contributed by atoms with E-state index in [-0.39, 0.29) is 23.4 Å². The number of hydrogen-bond acceptors (Lipinski definition) is 6.